The van der Waals surface area contributed by atoms with Gasteiger partial charge in [-0.25, -0.2) is 4.79 Å². The third-order valence-corrected chi connectivity index (χ3v) is 7.58. The van der Waals surface area contributed by atoms with E-state index in [1.807, 2.05) is 30.3 Å². The average molecular weight is 505 g/mol. The first-order valence-electron chi connectivity index (χ1n) is 12.3. The number of methoxy groups -OCH3 is 1. The number of thioether (sulfide) groups is 1. The minimum absolute atomic E-state index is 0.224. The van der Waals surface area contributed by atoms with Crippen LogP contribution in [0.5, 0.6) is 5.75 Å². The maximum Gasteiger partial charge on any atom is 0.329 e. The molecule has 0 unspecified atom stereocenters. The maximum absolute atomic E-state index is 10.7. The van der Waals surface area contributed by atoms with Gasteiger partial charge in [-0.2, -0.15) is 5.10 Å². The molecule has 1 N–H and O–H groups in total. The molecule has 1 heterocycles. The Bertz CT molecular complexity index is 1190. The fraction of sp³-hybridized carbons (Fsp3) is 0.379. The zero-order chi connectivity index (χ0) is 25.3. The number of aliphatic carboxylic acids is 1. The monoisotopic (exact) mass is 504 g/mol. The normalized spacial score (nSPS) is 17.4. The molecule has 0 bridgehead atoms. The molecule has 0 spiro atoms. The largest absolute Gasteiger partial charge is 0.497 e. The summed E-state index contributed by atoms with van der Waals surface area (Å²) >= 11 is 1.65. The van der Waals surface area contributed by atoms with Crippen LogP contribution in [0.4, 0.5) is 0 Å². The van der Waals surface area contributed by atoms with Crippen LogP contribution in [-0.2, 0) is 16.1 Å². The SMILES string of the molecule is C#CCSc1c(-c2cccc(OC)c2)c(-c2ccccc2)nn1C[C@H]1CC[C@@H](COCC(=O)O)CC1. The molecule has 188 valence electrons. The fourth-order valence-electron chi connectivity index (χ4n) is 4.80. The van der Waals surface area contributed by atoms with Crippen LogP contribution in [0.2, 0.25) is 0 Å². The van der Waals surface area contributed by atoms with E-state index in [9.17, 15) is 4.79 Å². The summed E-state index contributed by atoms with van der Waals surface area (Å²) < 4.78 is 13.0. The number of ether oxygens (including phenoxy) is 2. The van der Waals surface area contributed by atoms with Crippen molar-refractivity contribution in [3.8, 4) is 40.5 Å². The van der Waals surface area contributed by atoms with Gasteiger partial charge in [0.2, 0.25) is 0 Å². The van der Waals surface area contributed by atoms with Crippen molar-refractivity contribution in [3.05, 3.63) is 54.6 Å². The molecule has 0 aliphatic heterocycles. The van der Waals surface area contributed by atoms with E-state index in [0.717, 1.165) is 65.4 Å². The maximum atomic E-state index is 10.7. The molecule has 1 aromatic heterocycles. The zero-order valence-electron chi connectivity index (χ0n) is 20.6. The molecule has 6 nitrogen and oxygen atoms in total. The summed E-state index contributed by atoms with van der Waals surface area (Å²) in [6, 6.07) is 18.4. The van der Waals surface area contributed by atoms with E-state index in [4.69, 9.17) is 26.1 Å². The van der Waals surface area contributed by atoms with Crippen LogP contribution in [0.1, 0.15) is 25.7 Å². The number of rotatable bonds is 11. The summed E-state index contributed by atoms with van der Waals surface area (Å²) in [5.74, 6) is 4.13. The molecule has 0 saturated heterocycles. The van der Waals surface area contributed by atoms with E-state index in [0.29, 0.717) is 24.2 Å². The average Bonchev–Trinajstić information content (AvgIpc) is 3.26. The summed E-state index contributed by atoms with van der Waals surface area (Å²) in [5, 5.41) is 15.0. The number of benzene rings is 2. The molecular weight excluding hydrogens is 472 g/mol. The number of carboxylic acid groups (broad SMARTS) is 1. The molecule has 0 amide bonds. The third kappa shape index (κ3) is 6.51. The van der Waals surface area contributed by atoms with E-state index in [1.54, 1.807) is 18.9 Å². The van der Waals surface area contributed by atoms with Crippen LogP contribution >= 0.6 is 11.8 Å². The predicted octanol–water partition coefficient (Wildman–Crippen LogP) is 5.86. The molecule has 1 saturated carbocycles. The second-order valence-electron chi connectivity index (χ2n) is 9.10. The van der Waals surface area contributed by atoms with Crippen molar-refractivity contribution < 1.29 is 19.4 Å². The predicted molar refractivity (Wildman–Crippen MR) is 143 cm³/mol. The third-order valence-electron chi connectivity index (χ3n) is 6.58. The lowest BCUT2D eigenvalue weighted by molar-refractivity contribution is -0.142. The molecule has 0 atom stereocenters. The minimum Gasteiger partial charge on any atom is -0.497 e. The van der Waals surface area contributed by atoms with E-state index in [-0.39, 0.29) is 6.61 Å². The Morgan fingerprint density at radius 3 is 2.53 bits per heavy atom. The quantitative estimate of drug-likeness (QED) is 0.261. The number of aromatic nitrogens is 2. The second-order valence-corrected chi connectivity index (χ2v) is 10.1. The first-order valence-corrected chi connectivity index (χ1v) is 13.2. The van der Waals surface area contributed by atoms with Gasteiger partial charge in [0.05, 0.1) is 19.5 Å². The first-order chi connectivity index (χ1) is 17.6. The van der Waals surface area contributed by atoms with Crippen LogP contribution < -0.4 is 4.74 Å². The van der Waals surface area contributed by atoms with Gasteiger partial charge in [-0.1, -0.05) is 60.1 Å². The van der Waals surface area contributed by atoms with Crippen molar-refractivity contribution in [1.82, 2.24) is 9.78 Å². The highest BCUT2D eigenvalue weighted by molar-refractivity contribution is 7.99. The van der Waals surface area contributed by atoms with Crippen molar-refractivity contribution in [3.63, 3.8) is 0 Å². The Hall–Kier alpha value is -3.21. The molecule has 0 radical (unpaired) electrons. The zero-order valence-corrected chi connectivity index (χ0v) is 21.4. The van der Waals surface area contributed by atoms with Gasteiger partial charge in [0.15, 0.2) is 0 Å². The standard InChI is InChI=1S/C29H32N2O4S/c1-3-16-36-29-27(24-10-7-11-25(17-24)34-2)28(23-8-5-4-6-9-23)30-31(29)18-21-12-14-22(15-13-21)19-35-20-26(32)33/h1,4-11,17,21-22H,12-16,18-20H2,2H3,(H,32,33)/t21-,22+. The van der Waals surface area contributed by atoms with Crippen molar-refractivity contribution in [2.75, 3.05) is 26.1 Å². The number of carbonyl (C=O) groups is 1. The molecular formula is C29H32N2O4S. The molecule has 36 heavy (non-hydrogen) atoms. The van der Waals surface area contributed by atoms with Gasteiger partial charge in [0.25, 0.3) is 0 Å². The number of carboxylic acids is 1. The van der Waals surface area contributed by atoms with Crippen LogP contribution in [0.15, 0.2) is 59.6 Å². The van der Waals surface area contributed by atoms with Gasteiger partial charge >= 0.3 is 5.97 Å². The summed E-state index contributed by atoms with van der Waals surface area (Å²) in [6.45, 7) is 1.11. The van der Waals surface area contributed by atoms with Crippen molar-refractivity contribution in [2.24, 2.45) is 11.8 Å². The molecule has 1 aliphatic rings. The Morgan fingerprint density at radius 2 is 1.83 bits per heavy atom. The molecule has 3 aromatic rings. The van der Waals surface area contributed by atoms with Gasteiger partial charge in [-0.15, -0.1) is 6.42 Å². The van der Waals surface area contributed by atoms with Crippen LogP contribution in [-0.4, -0.2) is 46.9 Å². The van der Waals surface area contributed by atoms with Gasteiger partial charge in [-0.05, 0) is 55.2 Å². The second kappa shape index (κ2) is 12.7. The van der Waals surface area contributed by atoms with Gasteiger partial charge in [0, 0.05) is 17.7 Å². The summed E-state index contributed by atoms with van der Waals surface area (Å²) in [5.41, 5.74) is 4.14. The highest BCUT2D eigenvalue weighted by Gasteiger charge is 2.26. The number of hydrogen-bond donors (Lipinski definition) is 1. The Labute approximate surface area is 217 Å². The van der Waals surface area contributed by atoms with E-state index >= 15 is 0 Å². The highest BCUT2D eigenvalue weighted by atomic mass is 32.2. The molecule has 4 rings (SSSR count). The Morgan fingerprint density at radius 1 is 1.11 bits per heavy atom. The summed E-state index contributed by atoms with van der Waals surface area (Å²) in [4.78, 5) is 10.7. The van der Waals surface area contributed by atoms with E-state index in [2.05, 4.69) is 34.9 Å². The van der Waals surface area contributed by atoms with Gasteiger partial charge < -0.3 is 14.6 Å². The summed E-state index contributed by atoms with van der Waals surface area (Å²) in [6.07, 6.45) is 9.87. The molecule has 2 aromatic carbocycles. The van der Waals surface area contributed by atoms with Crippen LogP contribution in [0.3, 0.4) is 0 Å². The van der Waals surface area contributed by atoms with Gasteiger partial charge in [0.1, 0.15) is 23.1 Å². The lowest BCUT2D eigenvalue weighted by atomic mass is 9.82. The molecule has 7 heteroatoms. The minimum atomic E-state index is -0.916. The smallest absolute Gasteiger partial charge is 0.329 e. The van der Waals surface area contributed by atoms with Crippen molar-refractivity contribution >= 4 is 17.7 Å². The Kier molecular flexibility index (Phi) is 9.10. The van der Waals surface area contributed by atoms with Crippen molar-refractivity contribution in [2.45, 2.75) is 37.3 Å². The molecule has 1 fully saturated rings. The number of hydrogen-bond acceptors (Lipinski definition) is 5. The van der Waals surface area contributed by atoms with Crippen molar-refractivity contribution in [1.29, 1.82) is 0 Å². The highest BCUT2D eigenvalue weighted by Crippen LogP contribution is 2.41. The summed E-state index contributed by atoms with van der Waals surface area (Å²) in [7, 11) is 1.68. The van der Waals surface area contributed by atoms with E-state index in [1.165, 1.54) is 0 Å². The number of terminal acetylenes is 1. The topological polar surface area (TPSA) is 73.6 Å². The van der Waals surface area contributed by atoms with E-state index < -0.39 is 5.97 Å². The lowest BCUT2D eigenvalue weighted by Crippen LogP contribution is -2.23. The lowest BCUT2D eigenvalue weighted by Gasteiger charge is -2.28. The first kappa shape index (κ1) is 25.9. The van der Waals surface area contributed by atoms with Gasteiger partial charge in [-0.3, -0.25) is 4.68 Å². The fourth-order valence-corrected chi connectivity index (χ4v) is 5.65. The van der Waals surface area contributed by atoms with Crippen LogP contribution in [0.25, 0.3) is 22.4 Å². The molecule has 1 aliphatic carbocycles. The Balaban J connectivity index is 1.62. The number of nitrogens with zero attached hydrogens (tertiary/aromatic N) is 2. The van der Waals surface area contributed by atoms with Crippen LogP contribution in [0, 0.1) is 24.2 Å².